The molecular formula is C23H27N3O3. The molecule has 1 aliphatic rings. The van der Waals surface area contributed by atoms with E-state index in [2.05, 4.69) is 11.9 Å². The molecule has 152 valence electrons. The minimum atomic E-state index is -0.997. The van der Waals surface area contributed by atoms with Gasteiger partial charge in [0.2, 0.25) is 0 Å². The van der Waals surface area contributed by atoms with Crippen molar-refractivity contribution in [3.8, 4) is 5.75 Å². The summed E-state index contributed by atoms with van der Waals surface area (Å²) in [6, 6.07) is 16.8. The molecule has 0 saturated carbocycles. The second kappa shape index (κ2) is 8.92. The van der Waals surface area contributed by atoms with Crippen LogP contribution in [0.5, 0.6) is 5.75 Å². The summed E-state index contributed by atoms with van der Waals surface area (Å²) >= 11 is 0. The monoisotopic (exact) mass is 393 g/mol. The zero-order chi connectivity index (χ0) is 20.9. The summed E-state index contributed by atoms with van der Waals surface area (Å²) in [5, 5.41) is 2.92. The second-order valence-corrected chi connectivity index (χ2v) is 7.19. The highest BCUT2D eigenvalue weighted by molar-refractivity contribution is 6.07. The minimum absolute atomic E-state index is 0.212. The minimum Gasteiger partial charge on any atom is -0.490 e. The molecule has 1 aliphatic heterocycles. The van der Waals surface area contributed by atoms with Gasteiger partial charge in [-0.1, -0.05) is 62.0 Å². The van der Waals surface area contributed by atoms with Crippen molar-refractivity contribution in [1.29, 1.82) is 0 Å². The lowest BCUT2D eigenvalue weighted by molar-refractivity contribution is -0.133. The molecule has 1 N–H and O–H groups in total. The number of nitrogens with zero attached hydrogens (tertiary/aromatic N) is 2. The first-order chi connectivity index (χ1) is 14.0. The Labute approximate surface area is 171 Å². The highest BCUT2D eigenvalue weighted by Gasteiger charge is 2.51. The Morgan fingerprint density at radius 1 is 1.14 bits per heavy atom. The van der Waals surface area contributed by atoms with Crippen LogP contribution in [0.3, 0.4) is 0 Å². The first kappa shape index (κ1) is 20.6. The molecule has 1 atom stereocenters. The van der Waals surface area contributed by atoms with Gasteiger partial charge in [-0.05, 0) is 36.7 Å². The number of hydrogen-bond acceptors (Lipinski definition) is 4. The highest BCUT2D eigenvalue weighted by Crippen LogP contribution is 2.32. The van der Waals surface area contributed by atoms with Crippen LogP contribution in [0.1, 0.15) is 24.5 Å². The molecule has 0 unspecified atom stereocenters. The molecule has 0 bridgehead atoms. The lowest BCUT2D eigenvalue weighted by atomic mass is 9.87. The molecule has 0 aliphatic carbocycles. The van der Waals surface area contributed by atoms with Crippen LogP contribution in [0.15, 0.2) is 67.3 Å². The van der Waals surface area contributed by atoms with Crippen molar-refractivity contribution in [3.63, 3.8) is 0 Å². The fraction of sp³-hybridized carbons (Fsp3) is 0.304. The van der Waals surface area contributed by atoms with Gasteiger partial charge in [0.25, 0.3) is 5.91 Å². The Balaban J connectivity index is 1.67. The van der Waals surface area contributed by atoms with Gasteiger partial charge < -0.3 is 10.1 Å². The van der Waals surface area contributed by atoms with Crippen LogP contribution in [0.2, 0.25) is 0 Å². The van der Waals surface area contributed by atoms with Crippen LogP contribution in [0.25, 0.3) is 0 Å². The quantitative estimate of drug-likeness (QED) is 0.523. The Bertz CT molecular complexity index is 867. The first-order valence-corrected chi connectivity index (χ1v) is 9.71. The SMILES string of the molecule is C=CCOc1ccc(CN(C)CN2C(=O)N[C@@](CC)(c3ccccc3)C2=O)cc1. The van der Waals surface area contributed by atoms with Crippen molar-refractivity contribution in [2.45, 2.75) is 25.4 Å². The van der Waals surface area contributed by atoms with E-state index in [1.54, 1.807) is 6.08 Å². The zero-order valence-corrected chi connectivity index (χ0v) is 16.9. The number of carbonyl (C=O) groups excluding carboxylic acids is 2. The van der Waals surface area contributed by atoms with Crippen molar-refractivity contribution < 1.29 is 14.3 Å². The zero-order valence-electron chi connectivity index (χ0n) is 16.9. The molecule has 2 aromatic carbocycles. The van der Waals surface area contributed by atoms with Crippen molar-refractivity contribution in [2.75, 3.05) is 20.3 Å². The lowest BCUT2D eigenvalue weighted by Gasteiger charge is -2.27. The van der Waals surface area contributed by atoms with Gasteiger partial charge >= 0.3 is 6.03 Å². The van der Waals surface area contributed by atoms with Crippen LogP contribution in [0.4, 0.5) is 4.79 Å². The number of ether oxygens (including phenoxy) is 1. The topological polar surface area (TPSA) is 61.9 Å². The van der Waals surface area contributed by atoms with Crippen LogP contribution < -0.4 is 10.1 Å². The third-order valence-corrected chi connectivity index (χ3v) is 5.10. The lowest BCUT2D eigenvalue weighted by Crippen LogP contribution is -2.44. The van der Waals surface area contributed by atoms with Gasteiger partial charge in [-0.3, -0.25) is 9.69 Å². The number of benzene rings is 2. The number of amides is 3. The number of hydrogen-bond donors (Lipinski definition) is 1. The van der Waals surface area contributed by atoms with Gasteiger partial charge in [0, 0.05) is 6.54 Å². The van der Waals surface area contributed by atoms with E-state index in [0.29, 0.717) is 19.6 Å². The van der Waals surface area contributed by atoms with Crippen LogP contribution >= 0.6 is 0 Å². The molecule has 0 spiro atoms. The van der Waals surface area contributed by atoms with E-state index in [-0.39, 0.29) is 18.6 Å². The first-order valence-electron chi connectivity index (χ1n) is 9.71. The highest BCUT2D eigenvalue weighted by atomic mass is 16.5. The molecule has 29 heavy (non-hydrogen) atoms. The van der Waals surface area contributed by atoms with Crippen molar-refractivity contribution in [1.82, 2.24) is 15.1 Å². The van der Waals surface area contributed by atoms with E-state index in [1.807, 2.05) is 73.5 Å². The average molecular weight is 393 g/mol. The van der Waals surface area contributed by atoms with Crippen LogP contribution in [-0.2, 0) is 16.9 Å². The standard InChI is InChI=1S/C23H27N3O3/c1-4-15-29-20-13-11-18(12-14-20)16-25(3)17-26-21(27)23(5-2,24-22(26)28)19-9-7-6-8-10-19/h4,6-14H,1,5,15-17H2,2-3H3,(H,24,28)/t23-/m0/s1. The van der Waals surface area contributed by atoms with Gasteiger partial charge in [-0.15, -0.1) is 0 Å². The Kier molecular flexibility index (Phi) is 6.34. The summed E-state index contributed by atoms with van der Waals surface area (Å²) in [6.07, 6.45) is 2.19. The molecule has 1 fully saturated rings. The molecule has 0 aromatic heterocycles. The third-order valence-electron chi connectivity index (χ3n) is 5.10. The van der Waals surface area contributed by atoms with E-state index < -0.39 is 5.54 Å². The Morgan fingerprint density at radius 2 is 1.83 bits per heavy atom. The largest absolute Gasteiger partial charge is 0.490 e. The molecule has 6 nitrogen and oxygen atoms in total. The fourth-order valence-electron chi connectivity index (χ4n) is 3.57. The predicted molar refractivity (Wildman–Crippen MR) is 112 cm³/mol. The molecule has 2 aromatic rings. The number of urea groups is 1. The number of imide groups is 1. The summed E-state index contributed by atoms with van der Waals surface area (Å²) in [4.78, 5) is 29.0. The van der Waals surface area contributed by atoms with Crippen molar-refractivity contribution in [2.24, 2.45) is 0 Å². The van der Waals surface area contributed by atoms with Gasteiger partial charge in [0.1, 0.15) is 17.9 Å². The van der Waals surface area contributed by atoms with E-state index in [9.17, 15) is 9.59 Å². The Hall–Kier alpha value is -3.12. The molecule has 3 rings (SSSR count). The molecule has 0 radical (unpaired) electrons. The van der Waals surface area contributed by atoms with Gasteiger partial charge in [-0.25, -0.2) is 9.69 Å². The summed E-state index contributed by atoms with van der Waals surface area (Å²) in [6.45, 7) is 6.82. The molecule has 1 heterocycles. The maximum atomic E-state index is 13.2. The fourth-order valence-corrected chi connectivity index (χ4v) is 3.57. The average Bonchev–Trinajstić information content (AvgIpc) is 2.99. The molecule has 6 heteroatoms. The summed E-state index contributed by atoms with van der Waals surface area (Å²) in [7, 11) is 1.89. The van der Waals surface area contributed by atoms with E-state index in [0.717, 1.165) is 16.9 Å². The van der Waals surface area contributed by atoms with Crippen molar-refractivity contribution in [3.05, 3.63) is 78.4 Å². The van der Waals surface area contributed by atoms with Crippen LogP contribution in [0, 0.1) is 0 Å². The predicted octanol–water partition coefficient (Wildman–Crippen LogP) is 3.50. The number of rotatable bonds is 9. The van der Waals surface area contributed by atoms with E-state index in [4.69, 9.17) is 4.74 Å². The molecule has 1 saturated heterocycles. The summed E-state index contributed by atoms with van der Waals surface area (Å²) < 4.78 is 5.49. The summed E-state index contributed by atoms with van der Waals surface area (Å²) in [5.74, 6) is 0.567. The second-order valence-electron chi connectivity index (χ2n) is 7.19. The normalized spacial score (nSPS) is 18.8. The maximum absolute atomic E-state index is 13.2. The van der Waals surface area contributed by atoms with E-state index >= 15 is 0 Å². The van der Waals surface area contributed by atoms with Gasteiger partial charge in [0.15, 0.2) is 0 Å². The third kappa shape index (κ3) is 4.32. The number of carbonyl (C=O) groups is 2. The number of nitrogens with one attached hydrogen (secondary N) is 1. The van der Waals surface area contributed by atoms with E-state index in [1.165, 1.54) is 4.90 Å². The van der Waals surface area contributed by atoms with Crippen LogP contribution in [-0.4, -0.2) is 42.1 Å². The maximum Gasteiger partial charge on any atom is 0.326 e. The molecular weight excluding hydrogens is 366 g/mol. The summed E-state index contributed by atoms with van der Waals surface area (Å²) in [5.41, 5.74) is 0.875. The molecule has 3 amide bonds. The van der Waals surface area contributed by atoms with Gasteiger partial charge in [0.05, 0.1) is 6.67 Å². The van der Waals surface area contributed by atoms with Crippen molar-refractivity contribution >= 4 is 11.9 Å². The van der Waals surface area contributed by atoms with Gasteiger partial charge in [-0.2, -0.15) is 0 Å². The smallest absolute Gasteiger partial charge is 0.326 e. The Morgan fingerprint density at radius 3 is 2.45 bits per heavy atom.